The molecular formula is C32H22O7. The second kappa shape index (κ2) is 9.36. The monoisotopic (exact) mass is 518 g/mol. The van der Waals surface area contributed by atoms with Gasteiger partial charge in [-0.3, -0.25) is 0 Å². The fraction of sp³-hybridized carbons (Fsp3) is 0.125. The van der Waals surface area contributed by atoms with Crippen molar-refractivity contribution in [3.05, 3.63) is 106 Å². The Bertz CT molecular complexity index is 1690. The smallest absolute Gasteiger partial charge is 0.347 e. The fourth-order valence-corrected chi connectivity index (χ4v) is 5.83. The Hall–Kier alpha value is -5.04. The molecule has 0 bridgehead atoms. The van der Waals surface area contributed by atoms with Crippen molar-refractivity contribution in [3.8, 4) is 0 Å². The van der Waals surface area contributed by atoms with E-state index in [0.717, 1.165) is 32.7 Å². The summed E-state index contributed by atoms with van der Waals surface area (Å²) in [5.74, 6) is -4.76. The Labute approximate surface area is 222 Å². The van der Waals surface area contributed by atoms with Crippen LogP contribution in [0.4, 0.5) is 0 Å². The number of aliphatic carboxylic acids is 2. The molecule has 0 radical (unpaired) electrons. The van der Waals surface area contributed by atoms with E-state index in [0.29, 0.717) is 24.0 Å². The van der Waals surface area contributed by atoms with E-state index in [2.05, 4.69) is 0 Å². The Morgan fingerprint density at radius 1 is 0.538 bits per heavy atom. The molecule has 0 saturated carbocycles. The van der Waals surface area contributed by atoms with Gasteiger partial charge < -0.3 is 14.9 Å². The van der Waals surface area contributed by atoms with E-state index in [1.807, 2.05) is 48.5 Å². The third-order valence-corrected chi connectivity index (χ3v) is 7.58. The van der Waals surface area contributed by atoms with Crippen LogP contribution in [0.5, 0.6) is 0 Å². The maximum absolute atomic E-state index is 13.5. The van der Waals surface area contributed by atoms with Gasteiger partial charge in [0.05, 0.1) is 22.3 Å². The van der Waals surface area contributed by atoms with E-state index in [1.54, 1.807) is 24.3 Å². The molecule has 39 heavy (non-hydrogen) atoms. The number of ether oxygens (including phenoxy) is 1. The van der Waals surface area contributed by atoms with Crippen LogP contribution in [0, 0.1) is 0 Å². The molecule has 2 N–H and O–H groups in total. The number of esters is 2. The van der Waals surface area contributed by atoms with Crippen LogP contribution in [-0.2, 0) is 36.8 Å². The zero-order valence-corrected chi connectivity index (χ0v) is 20.7. The number of hydrogen-bond donors (Lipinski definition) is 2. The van der Waals surface area contributed by atoms with Crippen LogP contribution >= 0.6 is 0 Å². The van der Waals surface area contributed by atoms with Gasteiger partial charge in [0.15, 0.2) is 0 Å². The Morgan fingerprint density at radius 2 is 0.949 bits per heavy atom. The summed E-state index contributed by atoms with van der Waals surface area (Å²) in [6, 6.07) is 22.1. The number of rotatable bonds is 4. The first-order chi connectivity index (χ1) is 18.8. The SMILES string of the molecule is O=C(O)C1=C(C(=O)OC(=O)C2=C(C(=O)O)CCc3c2ccc2ccccc32)c2ccc3ccccc3c2CC1. The van der Waals surface area contributed by atoms with E-state index in [1.165, 1.54) is 0 Å². The van der Waals surface area contributed by atoms with Crippen LogP contribution in [-0.4, -0.2) is 34.1 Å². The summed E-state index contributed by atoms with van der Waals surface area (Å²) in [7, 11) is 0. The topological polar surface area (TPSA) is 118 Å². The molecule has 7 heteroatoms. The summed E-state index contributed by atoms with van der Waals surface area (Å²) < 4.78 is 5.31. The number of carbonyl (C=O) groups is 4. The van der Waals surface area contributed by atoms with Gasteiger partial charge in [-0.2, -0.15) is 0 Å². The number of fused-ring (bicyclic) bond motifs is 6. The number of aryl methyl sites for hydroxylation is 2. The normalized spacial score (nSPS) is 14.7. The van der Waals surface area contributed by atoms with E-state index >= 15 is 0 Å². The van der Waals surface area contributed by atoms with Crippen LogP contribution in [0.15, 0.2) is 83.9 Å². The second-order valence-electron chi connectivity index (χ2n) is 9.62. The quantitative estimate of drug-likeness (QED) is 0.277. The maximum Gasteiger partial charge on any atom is 0.347 e. The van der Waals surface area contributed by atoms with Crippen molar-refractivity contribution in [1.29, 1.82) is 0 Å². The van der Waals surface area contributed by atoms with Crippen molar-refractivity contribution >= 4 is 56.6 Å². The van der Waals surface area contributed by atoms with Gasteiger partial charge in [-0.15, -0.1) is 0 Å². The molecule has 0 heterocycles. The molecule has 4 aromatic rings. The average molecular weight is 519 g/mol. The second-order valence-corrected chi connectivity index (χ2v) is 9.62. The van der Waals surface area contributed by atoms with Gasteiger partial charge in [0, 0.05) is 0 Å². The van der Waals surface area contributed by atoms with Crippen LogP contribution in [0.2, 0.25) is 0 Å². The Balaban J connectivity index is 1.44. The van der Waals surface area contributed by atoms with Crippen molar-refractivity contribution in [2.45, 2.75) is 25.7 Å². The zero-order valence-electron chi connectivity index (χ0n) is 20.7. The number of carboxylic acids is 2. The molecule has 4 aromatic carbocycles. The lowest BCUT2D eigenvalue weighted by Gasteiger charge is -2.24. The summed E-state index contributed by atoms with van der Waals surface area (Å²) in [4.78, 5) is 51.3. The molecule has 6 rings (SSSR count). The summed E-state index contributed by atoms with van der Waals surface area (Å²) in [5.41, 5.74) is 1.76. The molecule has 0 amide bonds. The maximum atomic E-state index is 13.5. The van der Waals surface area contributed by atoms with Crippen molar-refractivity contribution in [1.82, 2.24) is 0 Å². The summed E-state index contributed by atoms with van der Waals surface area (Å²) in [6.45, 7) is 0. The minimum atomic E-state index is -1.27. The average Bonchev–Trinajstić information content (AvgIpc) is 2.95. The molecule has 7 nitrogen and oxygen atoms in total. The third kappa shape index (κ3) is 3.99. The van der Waals surface area contributed by atoms with Gasteiger partial charge in [0.25, 0.3) is 0 Å². The van der Waals surface area contributed by atoms with Crippen molar-refractivity contribution in [2.24, 2.45) is 0 Å². The van der Waals surface area contributed by atoms with Gasteiger partial charge in [-0.1, -0.05) is 72.8 Å². The molecule has 0 fully saturated rings. The first-order valence-electron chi connectivity index (χ1n) is 12.6. The lowest BCUT2D eigenvalue weighted by Crippen LogP contribution is -2.24. The fourth-order valence-electron chi connectivity index (χ4n) is 5.83. The highest BCUT2D eigenvalue weighted by Gasteiger charge is 2.35. The molecule has 2 aliphatic carbocycles. The Kier molecular flexibility index (Phi) is 5.84. The van der Waals surface area contributed by atoms with E-state index in [-0.39, 0.29) is 35.1 Å². The predicted octanol–water partition coefficient (Wildman–Crippen LogP) is 5.33. The standard InChI is InChI=1S/C32H22O7/c33-29(34)25-15-13-21-19-7-3-1-5-17(19)9-11-23(21)27(25)31(37)39-32(38)28-24-12-10-18-6-2-4-8-20(18)22(24)14-16-26(28)30(35)36/h1-12H,13-16H2,(H,33,34)(H,35,36). The van der Waals surface area contributed by atoms with Gasteiger partial charge in [0.2, 0.25) is 0 Å². The highest BCUT2D eigenvalue weighted by molar-refractivity contribution is 6.32. The zero-order chi connectivity index (χ0) is 27.3. The molecule has 0 aromatic heterocycles. The summed E-state index contributed by atoms with van der Waals surface area (Å²) in [5, 5.41) is 23.4. The van der Waals surface area contributed by atoms with Crippen molar-refractivity contribution < 1.29 is 34.1 Å². The van der Waals surface area contributed by atoms with Gasteiger partial charge in [-0.25, -0.2) is 19.2 Å². The number of hydrogen-bond acceptors (Lipinski definition) is 5. The Morgan fingerprint density at radius 3 is 1.36 bits per heavy atom. The number of carboxylic acid groups (broad SMARTS) is 2. The summed E-state index contributed by atoms with van der Waals surface area (Å²) in [6.07, 6.45) is 1.01. The van der Waals surface area contributed by atoms with Gasteiger partial charge in [0.1, 0.15) is 0 Å². The first-order valence-corrected chi connectivity index (χ1v) is 12.6. The van der Waals surface area contributed by atoms with Gasteiger partial charge >= 0.3 is 23.9 Å². The predicted molar refractivity (Wildman–Crippen MR) is 145 cm³/mol. The van der Waals surface area contributed by atoms with E-state index in [4.69, 9.17) is 4.74 Å². The molecule has 0 saturated heterocycles. The molecule has 0 atom stereocenters. The molecule has 0 spiro atoms. The third-order valence-electron chi connectivity index (χ3n) is 7.58. The minimum Gasteiger partial charge on any atom is -0.478 e. The largest absolute Gasteiger partial charge is 0.478 e. The minimum absolute atomic E-state index is 0.0901. The highest BCUT2D eigenvalue weighted by atomic mass is 16.6. The van der Waals surface area contributed by atoms with Crippen LogP contribution in [0.25, 0.3) is 32.7 Å². The number of benzene rings is 4. The van der Waals surface area contributed by atoms with Crippen LogP contribution < -0.4 is 0 Å². The molecular weight excluding hydrogens is 496 g/mol. The molecule has 0 aliphatic heterocycles. The first kappa shape index (κ1) is 24.3. The lowest BCUT2D eigenvalue weighted by atomic mass is 9.82. The van der Waals surface area contributed by atoms with Crippen LogP contribution in [0.3, 0.4) is 0 Å². The van der Waals surface area contributed by atoms with E-state index in [9.17, 15) is 29.4 Å². The molecule has 2 aliphatic rings. The number of carbonyl (C=O) groups excluding carboxylic acids is 2. The van der Waals surface area contributed by atoms with E-state index < -0.39 is 23.9 Å². The summed E-state index contributed by atoms with van der Waals surface area (Å²) >= 11 is 0. The van der Waals surface area contributed by atoms with Crippen molar-refractivity contribution in [2.75, 3.05) is 0 Å². The highest BCUT2D eigenvalue weighted by Crippen LogP contribution is 2.39. The van der Waals surface area contributed by atoms with Gasteiger partial charge in [-0.05, 0) is 69.5 Å². The lowest BCUT2D eigenvalue weighted by molar-refractivity contribution is -0.151. The van der Waals surface area contributed by atoms with Crippen LogP contribution in [0.1, 0.15) is 35.1 Å². The molecule has 0 unspecified atom stereocenters. The van der Waals surface area contributed by atoms with Crippen molar-refractivity contribution in [3.63, 3.8) is 0 Å². The molecule has 192 valence electrons.